The van der Waals surface area contributed by atoms with E-state index < -0.39 is 11.6 Å². The first-order valence-corrected chi connectivity index (χ1v) is 8.27. The summed E-state index contributed by atoms with van der Waals surface area (Å²) in [5.74, 6) is -0.916. The minimum absolute atomic E-state index is 0.0286. The van der Waals surface area contributed by atoms with E-state index in [2.05, 4.69) is 10.2 Å². The van der Waals surface area contributed by atoms with E-state index in [0.717, 1.165) is 12.5 Å². The number of aromatic nitrogens is 2. The molecule has 1 aromatic carbocycles. The predicted molar refractivity (Wildman–Crippen MR) is 87.9 cm³/mol. The van der Waals surface area contributed by atoms with Gasteiger partial charge in [-0.25, -0.2) is 13.9 Å². The standard InChI is InChI=1S/C18H19F2N3O2/c19-14-8-13(9-15(20)10-14)7-12-5-6-23(11-12)18(25)4-2-16-1-3-17(24)22-21-16/h1,3,8-10,12H,2,4-7,11H2,(H,22,24). The predicted octanol–water partition coefficient (Wildman–Crippen LogP) is 2.07. The number of amides is 1. The van der Waals surface area contributed by atoms with Gasteiger partial charge in [0.1, 0.15) is 11.6 Å². The Morgan fingerprint density at radius 1 is 1.24 bits per heavy atom. The zero-order valence-electron chi connectivity index (χ0n) is 13.7. The summed E-state index contributed by atoms with van der Waals surface area (Å²) < 4.78 is 26.5. The van der Waals surface area contributed by atoms with E-state index in [1.165, 1.54) is 18.2 Å². The number of hydrogen-bond acceptors (Lipinski definition) is 3. The molecule has 5 nitrogen and oxygen atoms in total. The van der Waals surface area contributed by atoms with Gasteiger partial charge < -0.3 is 4.90 Å². The lowest BCUT2D eigenvalue weighted by Crippen LogP contribution is -2.29. The van der Waals surface area contributed by atoms with Crippen LogP contribution in [0.5, 0.6) is 0 Å². The highest BCUT2D eigenvalue weighted by Crippen LogP contribution is 2.22. The van der Waals surface area contributed by atoms with Gasteiger partial charge in [-0.1, -0.05) is 0 Å². The topological polar surface area (TPSA) is 66.1 Å². The van der Waals surface area contributed by atoms with Gasteiger partial charge in [0, 0.05) is 38.1 Å². The molecule has 1 unspecified atom stereocenters. The lowest BCUT2D eigenvalue weighted by molar-refractivity contribution is -0.130. The van der Waals surface area contributed by atoms with Gasteiger partial charge in [-0.15, -0.1) is 0 Å². The highest BCUT2D eigenvalue weighted by atomic mass is 19.1. The van der Waals surface area contributed by atoms with Crippen molar-refractivity contribution in [2.75, 3.05) is 13.1 Å². The first-order valence-electron chi connectivity index (χ1n) is 8.27. The van der Waals surface area contributed by atoms with Crippen LogP contribution in [0, 0.1) is 17.6 Å². The minimum Gasteiger partial charge on any atom is -0.342 e. The monoisotopic (exact) mass is 347 g/mol. The SMILES string of the molecule is O=C(CCc1ccc(=O)[nH]n1)N1CCC(Cc2cc(F)cc(F)c2)C1. The highest BCUT2D eigenvalue weighted by Gasteiger charge is 2.26. The lowest BCUT2D eigenvalue weighted by Gasteiger charge is -2.16. The van der Waals surface area contributed by atoms with Crippen LogP contribution in [0.15, 0.2) is 35.1 Å². The summed E-state index contributed by atoms with van der Waals surface area (Å²) >= 11 is 0. The third-order valence-corrected chi connectivity index (χ3v) is 4.42. The van der Waals surface area contributed by atoms with Gasteiger partial charge in [-0.05, 0) is 42.5 Å². The van der Waals surface area contributed by atoms with E-state index in [9.17, 15) is 18.4 Å². The Morgan fingerprint density at radius 2 is 2.00 bits per heavy atom. The summed E-state index contributed by atoms with van der Waals surface area (Å²) in [6.45, 7) is 1.25. The van der Waals surface area contributed by atoms with Gasteiger partial charge in [0.2, 0.25) is 5.91 Å². The third-order valence-electron chi connectivity index (χ3n) is 4.42. The van der Waals surface area contributed by atoms with Crippen LogP contribution in [0.2, 0.25) is 0 Å². The molecule has 2 aromatic rings. The van der Waals surface area contributed by atoms with Crippen molar-refractivity contribution in [3.63, 3.8) is 0 Å². The fraction of sp³-hybridized carbons (Fsp3) is 0.389. The summed E-state index contributed by atoms with van der Waals surface area (Å²) in [5.41, 5.74) is 1.01. The maximum absolute atomic E-state index is 13.3. The number of aryl methyl sites for hydroxylation is 1. The Bertz CT molecular complexity index is 781. The number of rotatable bonds is 5. The van der Waals surface area contributed by atoms with Crippen molar-refractivity contribution < 1.29 is 13.6 Å². The van der Waals surface area contributed by atoms with Crippen molar-refractivity contribution in [2.24, 2.45) is 5.92 Å². The van der Waals surface area contributed by atoms with Crippen molar-refractivity contribution in [3.05, 3.63) is 63.6 Å². The number of nitrogens with one attached hydrogen (secondary N) is 1. The molecule has 7 heteroatoms. The van der Waals surface area contributed by atoms with Crippen LogP contribution in [-0.2, 0) is 17.6 Å². The first-order chi connectivity index (χ1) is 12.0. The molecule has 3 rings (SSSR count). The summed E-state index contributed by atoms with van der Waals surface area (Å²) in [6.07, 6.45) is 2.16. The Hall–Kier alpha value is -2.57. The van der Waals surface area contributed by atoms with Gasteiger partial charge >= 0.3 is 0 Å². The third kappa shape index (κ3) is 4.71. The second kappa shape index (κ2) is 7.55. The zero-order chi connectivity index (χ0) is 17.8. The van der Waals surface area contributed by atoms with Crippen LogP contribution in [0.1, 0.15) is 24.1 Å². The van der Waals surface area contributed by atoms with Crippen LogP contribution in [0.4, 0.5) is 8.78 Å². The molecule has 1 aliphatic heterocycles. The van der Waals surface area contributed by atoms with Gasteiger partial charge in [0.15, 0.2) is 0 Å². The number of likely N-dealkylation sites (tertiary alicyclic amines) is 1. The molecule has 0 aliphatic carbocycles. The van der Waals surface area contributed by atoms with E-state index in [-0.39, 0.29) is 17.4 Å². The molecule has 0 bridgehead atoms. The van der Waals surface area contributed by atoms with Gasteiger partial charge in [0.05, 0.1) is 5.69 Å². The van der Waals surface area contributed by atoms with Gasteiger partial charge in [-0.3, -0.25) is 9.59 Å². The van der Waals surface area contributed by atoms with E-state index in [1.807, 2.05) is 0 Å². The maximum Gasteiger partial charge on any atom is 0.264 e. The molecule has 132 valence electrons. The molecule has 1 atom stereocenters. The number of benzene rings is 1. The molecule has 1 saturated heterocycles. The highest BCUT2D eigenvalue weighted by molar-refractivity contribution is 5.76. The van der Waals surface area contributed by atoms with Gasteiger partial charge in [-0.2, -0.15) is 5.10 Å². The fourth-order valence-electron chi connectivity index (χ4n) is 3.19. The molecule has 0 saturated carbocycles. The Morgan fingerprint density at radius 3 is 2.68 bits per heavy atom. The number of carbonyl (C=O) groups excluding carboxylic acids is 1. The van der Waals surface area contributed by atoms with Crippen LogP contribution >= 0.6 is 0 Å². The van der Waals surface area contributed by atoms with Crippen LogP contribution in [0.3, 0.4) is 0 Å². The minimum atomic E-state index is -0.575. The number of H-pyrrole nitrogens is 1. The molecule has 2 heterocycles. The van der Waals surface area contributed by atoms with Crippen LogP contribution < -0.4 is 5.56 Å². The Labute approximate surface area is 143 Å². The number of halogens is 2. The van der Waals surface area contributed by atoms with E-state index in [4.69, 9.17) is 0 Å². The largest absolute Gasteiger partial charge is 0.342 e. The maximum atomic E-state index is 13.3. The zero-order valence-corrected chi connectivity index (χ0v) is 13.7. The summed E-state index contributed by atoms with van der Waals surface area (Å²) in [7, 11) is 0. The molecule has 25 heavy (non-hydrogen) atoms. The first kappa shape index (κ1) is 17.3. The molecule has 0 spiro atoms. The van der Waals surface area contributed by atoms with E-state index >= 15 is 0 Å². The van der Waals surface area contributed by atoms with Crippen LogP contribution in [0.25, 0.3) is 0 Å². The van der Waals surface area contributed by atoms with Gasteiger partial charge in [0.25, 0.3) is 5.56 Å². The molecular formula is C18H19F2N3O2. The molecular weight excluding hydrogens is 328 g/mol. The van der Waals surface area contributed by atoms with Crippen molar-refractivity contribution in [1.82, 2.24) is 15.1 Å². The second-order valence-electron chi connectivity index (χ2n) is 6.39. The molecule has 1 amide bonds. The lowest BCUT2D eigenvalue weighted by atomic mass is 9.98. The van der Waals surface area contributed by atoms with Crippen molar-refractivity contribution in [3.8, 4) is 0 Å². The van der Waals surface area contributed by atoms with Crippen molar-refractivity contribution in [1.29, 1.82) is 0 Å². The Balaban J connectivity index is 1.50. The van der Waals surface area contributed by atoms with E-state index in [1.54, 1.807) is 11.0 Å². The smallest absolute Gasteiger partial charge is 0.264 e. The van der Waals surface area contributed by atoms with Crippen LogP contribution in [-0.4, -0.2) is 34.1 Å². The number of carbonyl (C=O) groups is 1. The fourth-order valence-corrected chi connectivity index (χ4v) is 3.19. The average molecular weight is 347 g/mol. The molecule has 0 radical (unpaired) electrons. The average Bonchev–Trinajstić information content (AvgIpc) is 3.01. The summed E-state index contributed by atoms with van der Waals surface area (Å²) in [5, 5.41) is 6.23. The quantitative estimate of drug-likeness (QED) is 0.900. The number of hydrogen-bond donors (Lipinski definition) is 1. The normalized spacial score (nSPS) is 17.0. The van der Waals surface area contributed by atoms with E-state index in [0.29, 0.717) is 43.6 Å². The molecule has 1 fully saturated rings. The summed E-state index contributed by atoms with van der Waals surface area (Å²) in [6, 6.07) is 6.54. The number of nitrogens with zero attached hydrogens (tertiary/aromatic N) is 2. The van der Waals surface area contributed by atoms with Crippen molar-refractivity contribution in [2.45, 2.75) is 25.7 Å². The summed E-state index contributed by atoms with van der Waals surface area (Å²) in [4.78, 5) is 25.0. The second-order valence-corrected chi connectivity index (χ2v) is 6.39. The Kier molecular flexibility index (Phi) is 5.21. The molecule has 1 aliphatic rings. The molecule has 1 aromatic heterocycles. The van der Waals surface area contributed by atoms with Crippen molar-refractivity contribution >= 4 is 5.91 Å². The molecule has 1 N–H and O–H groups in total. The number of aromatic amines is 1.